The zero-order valence-electron chi connectivity index (χ0n) is 20.0. The molecule has 1 aliphatic carbocycles. The minimum absolute atomic E-state index is 0.0199. The van der Waals surface area contributed by atoms with Crippen molar-refractivity contribution in [3.05, 3.63) is 54.1 Å². The van der Waals surface area contributed by atoms with Crippen molar-refractivity contribution in [1.82, 2.24) is 10.0 Å². The van der Waals surface area contributed by atoms with Gasteiger partial charge >= 0.3 is 0 Å². The van der Waals surface area contributed by atoms with E-state index < -0.39 is 10.0 Å². The van der Waals surface area contributed by atoms with Crippen LogP contribution in [0.5, 0.6) is 11.5 Å². The minimum atomic E-state index is -3.74. The maximum Gasteiger partial charge on any atom is 0.240 e. The summed E-state index contributed by atoms with van der Waals surface area (Å²) < 4.78 is 44.5. The van der Waals surface area contributed by atoms with Crippen LogP contribution < -0.4 is 19.5 Å². The van der Waals surface area contributed by atoms with E-state index >= 15 is 0 Å². The number of nitrogens with one attached hydrogen (secondary N) is 2. The molecule has 0 saturated heterocycles. The summed E-state index contributed by atoms with van der Waals surface area (Å²) in [5.74, 6) is 0.698. The number of carbonyl (C=O) groups is 1. The van der Waals surface area contributed by atoms with Crippen molar-refractivity contribution in [2.24, 2.45) is 5.92 Å². The SMILES string of the molecule is COCCOc1ccc(S(=O)(=O)NC2CCC(C(=O)N[C@H](C)c3ccccc3)CC2)cc1OC. The first-order chi connectivity index (χ1) is 16.3. The third kappa shape index (κ3) is 6.94. The van der Waals surface area contributed by atoms with E-state index in [1.165, 1.54) is 19.2 Å². The smallest absolute Gasteiger partial charge is 0.240 e. The summed E-state index contributed by atoms with van der Waals surface area (Å²) in [6, 6.07) is 14.1. The Hall–Kier alpha value is -2.62. The first-order valence-corrected chi connectivity index (χ1v) is 13.0. The summed E-state index contributed by atoms with van der Waals surface area (Å²) in [5.41, 5.74) is 1.06. The molecule has 0 aliphatic heterocycles. The number of ether oxygens (including phenoxy) is 3. The monoisotopic (exact) mass is 490 g/mol. The highest BCUT2D eigenvalue weighted by Crippen LogP contribution is 2.31. The summed E-state index contributed by atoms with van der Waals surface area (Å²) in [6.45, 7) is 2.71. The van der Waals surface area contributed by atoms with E-state index in [0.717, 1.165) is 5.56 Å². The van der Waals surface area contributed by atoms with E-state index in [2.05, 4.69) is 10.0 Å². The molecule has 0 spiro atoms. The molecule has 1 aliphatic rings. The van der Waals surface area contributed by atoms with Gasteiger partial charge in [0.25, 0.3) is 0 Å². The summed E-state index contributed by atoms with van der Waals surface area (Å²) in [7, 11) is -0.696. The van der Waals surface area contributed by atoms with Crippen molar-refractivity contribution in [2.45, 2.75) is 49.6 Å². The highest BCUT2D eigenvalue weighted by molar-refractivity contribution is 7.89. The molecule has 0 heterocycles. The average molecular weight is 491 g/mol. The molecule has 1 saturated carbocycles. The maximum atomic E-state index is 13.0. The molecule has 8 nitrogen and oxygen atoms in total. The summed E-state index contributed by atoms with van der Waals surface area (Å²) >= 11 is 0. The molecule has 0 aromatic heterocycles. The second-order valence-electron chi connectivity index (χ2n) is 8.46. The molecular weight excluding hydrogens is 456 g/mol. The van der Waals surface area contributed by atoms with Crippen LogP contribution in [0.25, 0.3) is 0 Å². The zero-order chi connectivity index (χ0) is 24.6. The number of carbonyl (C=O) groups excluding carboxylic acids is 1. The van der Waals surface area contributed by atoms with Gasteiger partial charge in [-0.05, 0) is 50.3 Å². The fourth-order valence-electron chi connectivity index (χ4n) is 4.09. The standard InChI is InChI=1S/C25H34N2O6S/c1-18(19-7-5-4-6-8-19)26-25(28)20-9-11-21(12-10-20)27-34(29,30)22-13-14-23(24(17-22)32-3)33-16-15-31-2/h4-8,13-14,17-18,20-21,27H,9-12,15-16H2,1-3H3,(H,26,28)/t18-,20?,21?/m1/s1. The fraction of sp³-hybridized carbons (Fsp3) is 0.480. The lowest BCUT2D eigenvalue weighted by Gasteiger charge is -2.29. The maximum absolute atomic E-state index is 13.0. The molecule has 186 valence electrons. The highest BCUT2D eigenvalue weighted by atomic mass is 32.2. The predicted octanol–water partition coefficient (Wildman–Crippen LogP) is 3.43. The van der Waals surface area contributed by atoms with Crippen molar-refractivity contribution >= 4 is 15.9 Å². The van der Waals surface area contributed by atoms with E-state index in [9.17, 15) is 13.2 Å². The topological polar surface area (TPSA) is 103 Å². The van der Waals surface area contributed by atoms with Gasteiger partial charge in [-0.3, -0.25) is 4.79 Å². The van der Waals surface area contributed by atoms with Crippen molar-refractivity contribution in [1.29, 1.82) is 0 Å². The van der Waals surface area contributed by atoms with E-state index in [1.54, 1.807) is 13.2 Å². The van der Waals surface area contributed by atoms with Crippen LogP contribution in [0.2, 0.25) is 0 Å². The number of methoxy groups -OCH3 is 2. The first kappa shape index (κ1) is 26.0. The molecule has 9 heteroatoms. The third-order valence-corrected chi connectivity index (χ3v) is 7.59. The molecule has 2 aromatic rings. The molecule has 2 aromatic carbocycles. The number of hydrogen-bond donors (Lipinski definition) is 2. The van der Waals surface area contributed by atoms with E-state index in [0.29, 0.717) is 50.4 Å². The highest BCUT2D eigenvalue weighted by Gasteiger charge is 2.30. The molecule has 1 fully saturated rings. The van der Waals surface area contributed by atoms with Crippen molar-refractivity contribution in [2.75, 3.05) is 27.4 Å². The number of sulfonamides is 1. The van der Waals surface area contributed by atoms with Gasteiger partial charge in [0.2, 0.25) is 15.9 Å². The summed E-state index contributed by atoms with van der Waals surface area (Å²) in [4.78, 5) is 12.8. The second kappa shape index (κ2) is 12.2. The summed E-state index contributed by atoms with van der Waals surface area (Å²) in [6.07, 6.45) is 2.48. The molecule has 2 N–H and O–H groups in total. The number of hydrogen-bond acceptors (Lipinski definition) is 6. The first-order valence-electron chi connectivity index (χ1n) is 11.5. The minimum Gasteiger partial charge on any atom is -0.493 e. The van der Waals surface area contributed by atoms with Gasteiger partial charge in [0.05, 0.1) is 24.7 Å². The molecule has 0 radical (unpaired) electrons. The van der Waals surface area contributed by atoms with Gasteiger partial charge in [-0.15, -0.1) is 0 Å². The van der Waals surface area contributed by atoms with Gasteiger partial charge in [0.15, 0.2) is 11.5 Å². The lowest BCUT2D eigenvalue weighted by Crippen LogP contribution is -2.41. The van der Waals surface area contributed by atoms with Gasteiger partial charge in [-0.1, -0.05) is 30.3 Å². The Morgan fingerprint density at radius 3 is 2.35 bits per heavy atom. The fourth-order valence-corrected chi connectivity index (χ4v) is 5.41. The van der Waals surface area contributed by atoms with E-state index in [-0.39, 0.29) is 28.8 Å². The molecule has 1 amide bonds. The van der Waals surface area contributed by atoms with Crippen LogP contribution in [0.4, 0.5) is 0 Å². The number of benzene rings is 2. The Morgan fingerprint density at radius 1 is 1.00 bits per heavy atom. The van der Waals surface area contributed by atoms with Crippen molar-refractivity contribution < 1.29 is 27.4 Å². The molecule has 0 unspecified atom stereocenters. The Bertz CT molecular complexity index is 1040. The number of rotatable bonds is 11. The van der Waals surface area contributed by atoms with Crippen LogP contribution in [0.1, 0.15) is 44.2 Å². The molecular formula is C25H34N2O6S. The number of amides is 1. The molecule has 3 rings (SSSR count). The van der Waals surface area contributed by atoms with E-state index in [4.69, 9.17) is 14.2 Å². The second-order valence-corrected chi connectivity index (χ2v) is 10.2. The van der Waals surface area contributed by atoms with E-state index in [1.807, 2.05) is 37.3 Å². The largest absolute Gasteiger partial charge is 0.493 e. The normalized spacial score (nSPS) is 19.3. The van der Waals surface area contributed by atoms with Crippen LogP contribution in [0, 0.1) is 5.92 Å². The van der Waals surface area contributed by atoms with Crippen molar-refractivity contribution in [3.8, 4) is 11.5 Å². The van der Waals surface area contributed by atoms with Gasteiger partial charge in [0.1, 0.15) is 6.61 Å². The Kier molecular flexibility index (Phi) is 9.32. The molecule has 34 heavy (non-hydrogen) atoms. The van der Waals surface area contributed by atoms with Crippen LogP contribution in [-0.2, 0) is 19.6 Å². The Balaban J connectivity index is 1.54. The zero-order valence-corrected chi connectivity index (χ0v) is 20.8. The van der Waals surface area contributed by atoms with Crippen LogP contribution in [0.15, 0.2) is 53.4 Å². The lowest BCUT2D eigenvalue weighted by molar-refractivity contribution is -0.126. The molecule has 1 atom stereocenters. The Morgan fingerprint density at radius 2 is 1.71 bits per heavy atom. The van der Waals surface area contributed by atoms with Gasteiger partial charge in [-0.25, -0.2) is 13.1 Å². The van der Waals surface area contributed by atoms with Gasteiger partial charge < -0.3 is 19.5 Å². The molecule has 0 bridgehead atoms. The predicted molar refractivity (Wildman–Crippen MR) is 129 cm³/mol. The van der Waals surface area contributed by atoms with Gasteiger partial charge in [0, 0.05) is 25.1 Å². The lowest BCUT2D eigenvalue weighted by atomic mass is 9.85. The van der Waals surface area contributed by atoms with Crippen LogP contribution in [-0.4, -0.2) is 47.8 Å². The van der Waals surface area contributed by atoms with Gasteiger partial charge in [-0.2, -0.15) is 0 Å². The Labute approximate surface area is 202 Å². The van der Waals surface area contributed by atoms with Crippen LogP contribution >= 0.6 is 0 Å². The quantitative estimate of drug-likeness (QED) is 0.468. The summed E-state index contributed by atoms with van der Waals surface area (Å²) in [5, 5.41) is 3.08. The third-order valence-electron chi connectivity index (χ3n) is 6.07. The van der Waals surface area contributed by atoms with Crippen LogP contribution in [0.3, 0.4) is 0 Å². The average Bonchev–Trinajstić information content (AvgIpc) is 2.85. The van der Waals surface area contributed by atoms with Crippen molar-refractivity contribution in [3.63, 3.8) is 0 Å².